The monoisotopic (exact) mass is 310 g/mol. The number of carbonyl (C=O) groups excluding carboxylic acids is 1. The van der Waals surface area contributed by atoms with Gasteiger partial charge < -0.3 is 5.32 Å². The van der Waals surface area contributed by atoms with E-state index in [4.69, 9.17) is 0 Å². The smallest absolute Gasteiger partial charge is 0.251 e. The van der Waals surface area contributed by atoms with E-state index in [1.807, 2.05) is 0 Å². The van der Waals surface area contributed by atoms with Crippen molar-refractivity contribution in [1.82, 2.24) is 9.62 Å². The molecule has 0 unspecified atom stereocenters. The highest BCUT2D eigenvalue weighted by Crippen LogP contribution is 2.27. The molecule has 1 aromatic rings. The van der Waals surface area contributed by atoms with E-state index in [0.29, 0.717) is 31.1 Å². The van der Waals surface area contributed by atoms with Crippen LogP contribution < -0.4 is 5.32 Å². The first kappa shape index (κ1) is 16.0. The number of rotatable bonds is 7. The molecule has 0 heterocycles. The quantitative estimate of drug-likeness (QED) is 0.836. The summed E-state index contributed by atoms with van der Waals surface area (Å²) in [6.45, 7) is 5.19. The summed E-state index contributed by atoms with van der Waals surface area (Å²) >= 11 is 0. The van der Waals surface area contributed by atoms with Crippen molar-refractivity contribution in [3.05, 3.63) is 29.8 Å². The molecule has 21 heavy (non-hydrogen) atoms. The summed E-state index contributed by atoms with van der Waals surface area (Å²) in [6.07, 6.45) is 2.36. The molecule has 1 saturated carbocycles. The molecule has 116 valence electrons. The fourth-order valence-electron chi connectivity index (χ4n) is 2.15. The van der Waals surface area contributed by atoms with Crippen LogP contribution >= 0.6 is 0 Å². The predicted molar refractivity (Wildman–Crippen MR) is 81.6 cm³/mol. The van der Waals surface area contributed by atoms with Gasteiger partial charge in [-0.15, -0.1) is 0 Å². The molecule has 0 radical (unpaired) electrons. The molecule has 0 saturated heterocycles. The zero-order chi connectivity index (χ0) is 15.5. The minimum Gasteiger partial charge on any atom is -0.352 e. The van der Waals surface area contributed by atoms with Crippen LogP contribution in [0.2, 0.25) is 0 Å². The third-order valence-electron chi connectivity index (χ3n) is 3.71. The van der Waals surface area contributed by atoms with Crippen LogP contribution in [-0.2, 0) is 10.0 Å². The molecule has 6 heteroatoms. The maximum absolute atomic E-state index is 12.3. The van der Waals surface area contributed by atoms with Gasteiger partial charge in [0.2, 0.25) is 10.0 Å². The van der Waals surface area contributed by atoms with E-state index in [0.717, 1.165) is 0 Å². The first-order chi connectivity index (χ1) is 9.98. The highest BCUT2D eigenvalue weighted by Gasteiger charge is 2.23. The van der Waals surface area contributed by atoms with Crippen molar-refractivity contribution in [2.24, 2.45) is 5.92 Å². The minimum atomic E-state index is -3.46. The lowest BCUT2D eigenvalue weighted by molar-refractivity contribution is 0.0951. The number of nitrogens with zero attached hydrogens (tertiary/aromatic N) is 1. The van der Waals surface area contributed by atoms with E-state index in [-0.39, 0.29) is 10.8 Å². The van der Waals surface area contributed by atoms with Crippen molar-refractivity contribution < 1.29 is 13.2 Å². The average molecular weight is 310 g/mol. The Kier molecular flexibility index (Phi) is 5.00. The Balaban J connectivity index is 2.08. The Bertz CT molecular complexity index is 588. The van der Waals surface area contributed by atoms with Crippen molar-refractivity contribution in [2.45, 2.75) is 31.6 Å². The molecule has 1 amide bonds. The largest absolute Gasteiger partial charge is 0.352 e. The SMILES string of the molecule is CCN(CC)S(=O)(=O)c1ccc(C(=O)NCC2CC2)cc1. The van der Waals surface area contributed by atoms with Gasteiger partial charge in [-0.1, -0.05) is 13.8 Å². The number of hydrogen-bond acceptors (Lipinski definition) is 3. The lowest BCUT2D eigenvalue weighted by atomic mass is 10.2. The molecule has 1 N–H and O–H groups in total. The van der Waals surface area contributed by atoms with Gasteiger partial charge in [0.15, 0.2) is 0 Å². The van der Waals surface area contributed by atoms with E-state index in [1.54, 1.807) is 26.0 Å². The number of nitrogens with one attached hydrogen (secondary N) is 1. The van der Waals surface area contributed by atoms with Crippen molar-refractivity contribution in [3.8, 4) is 0 Å². The first-order valence-electron chi connectivity index (χ1n) is 7.37. The summed E-state index contributed by atoms with van der Waals surface area (Å²) < 4.78 is 26.0. The standard InChI is InChI=1S/C15H22N2O3S/c1-3-17(4-2)21(19,20)14-9-7-13(8-10-14)15(18)16-11-12-5-6-12/h7-10,12H,3-6,11H2,1-2H3,(H,16,18). The molecular formula is C15H22N2O3S. The summed E-state index contributed by atoms with van der Waals surface area (Å²) in [6, 6.07) is 6.14. The Morgan fingerprint density at radius 1 is 1.19 bits per heavy atom. The zero-order valence-corrected chi connectivity index (χ0v) is 13.3. The van der Waals surface area contributed by atoms with E-state index in [2.05, 4.69) is 5.32 Å². The van der Waals surface area contributed by atoms with Crippen LogP contribution in [0.1, 0.15) is 37.0 Å². The first-order valence-corrected chi connectivity index (χ1v) is 8.81. The van der Waals surface area contributed by atoms with Crippen molar-refractivity contribution >= 4 is 15.9 Å². The van der Waals surface area contributed by atoms with Crippen molar-refractivity contribution in [1.29, 1.82) is 0 Å². The lowest BCUT2D eigenvalue weighted by Gasteiger charge is -2.18. The lowest BCUT2D eigenvalue weighted by Crippen LogP contribution is -2.30. The summed E-state index contributed by atoms with van der Waals surface area (Å²) in [5.41, 5.74) is 0.495. The number of hydrogen-bond donors (Lipinski definition) is 1. The molecule has 0 atom stereocenters. The van der Waals surface area contributed by atoms with Crippen LogP contribution in [0, 0.1) is 5.92 Å². The summed E-state index contributed by atoms with van der Waals surface area (Å²) in [5.74, 6) is 0.477. The van der Waals surface area contributed by atoms with Gasteiger partial charge in [0.05, 0.1) is 4.90 Å². The molecule has 0 spiro atoms. The molecule has 1 aliphatic rings. The van der Waals surface area contributed by atoms with Crippen LogP contribution in [0.25, 0.3) is 0 Å². The number of amides is 1. The molecule has 1 aliphatic carbocycles. The maximum Gasteiger partial charge on any atom is 0.251 e. The third kappa shape index (κ3) is 3.83. The van der Waals surface area contributed by atoms with Gasteiger partial charge in [-0.2, -0.15) is 4.31 Å². The second kappa shape index (κ2) is 6.58. The van der Waals surface area contributed by atoms with E-state index < -0.39 is 10.0 Å². The van der Waals surface area contributed by atoms with Crippen molar-refractivity contribution in [2.75, 3.05) is 19.6 Å². The molecule has 0 aromatic heterocycles. The Morgan fingerprint density at radius 3 is 2.24 bits per heavy atom. The normalized spacial score (nSPS) is 15.2. The van der Waals surface area contributed by atoms with Gasteiger partial charge in [-0.05, 0) is 43.0 Å². The number of benzene rings is 1. The second-order valence-corrected chi connectivity index (χ2v) is 7.21. The molecule has 0 aliphatic heterocycles. The van der Waals surface area contributed by atoms with E-state index in [9.17, 15) is 13.2 Å². The van der Waals surface area contributed by atoms with E-state index in [1.165, 1.54) is 29.3 Å². The van der Waals surface area contributed by atoms with Gasteiger partial charge >= 0.3 is 0 Å². The van der Waals surface area contributed by atoms with Crippen LogP contribution in [0.15, 0.2) is 29.2 Å². The molecule has 0 bridgehead atoms. The Labute approximate surface area is 126 Å². The Hall–Kier alpha value is -1.40. The number of sulfonamides is 1. The van der Waals surface area contributed by atoms with E-state index >= 15 is 0 Å². The molecule has 5 nitrogen and oxygen atoms in total. The van der Waals surface area contributed by atoms with Crippen LogP contribution in [0.5, 0.6) is 0 Å². The molecule has 1 fully saturated rings. The summed E-state index contributed by atoms with van der Waals surface area (Å²) in [7, 11) is -3.46. The third-order valence-corrected chi connectivity index (χ3v) is 5.77. The predicted octanol–water partition coefficient (Wildman–Crippen LogP) is 1.86. The van der Waals surface area contributed by atoms with Gasteiger partial charge in [0.25, 0.3) is 5.91 Å². The topological polar surface area (TPSA) is 66.5 Å². The summed E-state index contributed by atoms with van der Waals surface area (Å²) in [4.78, 5) is 12.1. The van der Waals surface area contributed by atoms with Crippen molar-refractivity contribution in [3.63, 3.8) is 0 Å². The highest BCUT2D eigenvalue weighted by atomic mass is 32.2. The van der Waals surface area contributed by atoms with Crippen LogP contribution in [-0.4, -0.2) is 38.3 Å². The van der Waals surface area contributed by atoms with Gasteiger partial charge in [-0.25, -0.2) is 8.42 Å². The molecule has 2 rings (SSSR count). The maximum atomic E-state index is 12.3. The molecule has 1 aromatic carbocycles. The minimum absolute atomic E-state index is 0.145. The van der Waals surface area contributed by atoms with Gasteiger partial charge in [0.1, 0.15) is 0 Å². The zero-order valence-electron chi connectivity index (χ0n) is 12.5. The molecular weight excluding hydrogens is 288 g/mol. The summed E-state index contributed by atoms with van der Waals surface area (Å²) in [5, 5.41) is 2.87. The van der Waals surface area contributed by atoms with Crippen LogP contribution in [0.4, 0.5) is 0 Å². The second-order valence-electron chi connectivity index (χ2n) is 5.27. The number of carbonyl (C=O) groups is 1. The fourth-order valence-corrected chi connectivity index (χ4v) is 3.61. The highest BCUT2D eigenvalue weighted by molar-refractivity contribution is 7.89. The fraction of sp³-hybridized carbons (Fsp3) is 0.533. The van der Waals surface area contributed by atoms with Gasteiger partial charge in [-0.3, -0.25) is 4.79 Å². The average Bonchev–Trinajstić information content (AvgIpc) is 3.30. The van der Waals surface area contributed by atoms with Gasteiger partial charge in [0, 0.05) is 25.2 Å². The Morgan fingerprint density at radius 2 is 1.76 bits per heavy atom. The van der Waals surface area contributed by atoms with Crippen LogP contribution in [0.3, 0.4) is 0 Å².